The highest BCUT2D eigenvalue weighted by Crippen LogP contribution is 2.43. The first kappa shape index (κ1) is 23.7. The van der Waals surface area contributed by atoms with Crippen molar-refractivity contribution in [3.05, 3.63) is 88.4 Å². The first-order valence-corrected chi connectivity index (χ1v) is 10.5. The topological polar surface area (TPSA) is 104 Å². The van der Waals surface area contributed by atoms with Crippen molar-refractivity contribution in [3.8, 4) is 0 Å². The van der Waals surface area contributed by atoms with Crippen LogP contribution in [-0.2, 0) is 4.79 Å². The fourth-order valence-electron chi connectivity index (χ4n) is 4.06. The number of carboxylic acid groups (broad SMARTS) is 1. The average molecular weight is 440 g/mol. The number of fused-ring (bicyclic) bond motifs is 1. The largest absolute Gasteiger partial charge is 0.758 e. The molecule has 0 spiro atoms. The third kappa shape index (κ3) is 5.24. The van der Waals surface area contributed by atoms with Crippen molar-refractivity contribution >= 4 is 17.2 Å². The maximum absolute atomic E-state index is 13.6. The minimum atomic E-state index is -1.19. The van der Waals surface area contributed by atoms with Crippen LogP contribution in [0.15, 0.2) is 66.3 Å². The Balaban J connectivity index is 2.10. The zero-order chi connectivity index (χ0) is 23.4. The normalized spacial score (nSPS) is 18.2. The fourth-order valence-corrected chi connectivity index (χ4v) is 4.06. The van der Waals surface area contributed by atoms with E-state index in [4.69, 9.17) is 5.11 Å². The molecule has 1 aliphatic heterocycles. The standard InChI is InChI=1S/C25H27FNO5/c1-15(2)25-21(12-11-18(28)13-19(29)14-23(30)31)24(16-7-9-17(26)10-8-16)20-5-3-4-6-22(20)27(25)32/h3-12,15,18-19,25,28-29H,13-14H2,1-2H3,(H,30,31)/q-1/t18-,19-,25?/m1/s1. The Hall–Kier alpha value is -3.00. The maximum atomic E-state index is 13.6. The molecule has 3 rings (SSSR count). The Morgan fingerprint density at radius 3 is 2.44 bits per heavy atom. The van der Waals surface area contributed by atoms with E-state index < -0.39 is 30.6 Å². The van der Waals surface area contributed by atoms with E-state index in [0.29, 0.717) is 16.8 Å². The van der Waals surface area contributed by atoms with Crippen LogP contribution in [0.25, 0.3) is 5.57 Å². The zero-order valence-corrected chi connectivity index (χ0v) is 18.0. The molecule has 6 nitrogen and oxygen atoms in total. The lowest BCUT2D eigenvalue weighted by Gasteiger charge is -2.47. The number of aliphatic hydroxyl groups excluding tert-OH is 2. The highest BCUT2D eigenvalue weighted by molar-refractivity contribution is 5.93. The van der Waals surface area contributed by atoms with Gasteiger partial charge in [-0.3, -0.25) is 4.79 Å². The second-order valence-corrected chi connectivity index (χ2v) is 8.28. The van der Waals surface area contributed by atoms with Crippen LogP contribution in [0.4, 0.5) is 10.1 Å². The summed E-state index contributed by atoms with van der Waals surface area (Å²) in [4.78, 5) is 10.8. The molecule has 1 aliphatic rings. The van der Waals surface area contributed by atoms with Crippen molar-refractivity contribution in [3.63, 3.8) is 0 Å². The van der Waals surface area contributed by atoms with Gasteiger partial charge in [0.2, 0.25) is 0 Å². The van der Waals surface area contributed by atoms with E-state index >= 15 is 0 Å². The first-order valence-electron chi connectivity index (χ1n) is 10.5. The first-order chi connectivity index (χ1) is 15.2. The summed E-state index contributed by atoms with van der Waals surface area (Å²) in [5.41, 5.74) is 3.37. The molecule has 0 radical (unpaired) electrons. The number of hydrogen-bond acceptors (Lipinski definition) is 5. The number of hydrogen-bond donors (Lipinski definition) is 3. The fraction of sp³-hybridized carbons (Fsp3) is 0.320. The predicted octanol–water partition coefficient (Wildman–Crippen LogP) is 4.11. The van der Waals surface area contributed by atoms with Gasteiger partial charge in [-0.15, -0.1) is 0 Å². The monoisotopic (exact) mass is 440 g/mol. The lowest BCUT2D eigenvalue weighted by molar-refractivity contribution is -0.139. The lowest BCUT2D eigenvalue weighted by atomic mass is 9.81. The number of carbonyl (C=O) groups is 1. The number of anilines is 1. The Morgan fingerprint density at radius 2 is 1.81 bits per heavy atom. The molecule has 0 saturated heterocycles. The summed E-state index contributed by atoms with van der Waals surface area (Å²) >= 11 is 0. The van der Waals surface area contributed by atoms with Gasteiger partial charge in [0.25, 0.3) is 0 Å². The van der Waals surface area contributed by atoms with Gasteiger partial charge in [-0.25, -0.2) is 4.39 Å². The number of halogens is 1. The molecule has 0 fully saturated rings. The van der Waals surface area contributed by atoms with Crippen molar-refractivity contribution in [2.45, 2.75) is 44.9 Å². The predicted molar refractivity (Wildman–Crippen MR) is 121 cm³/mol. The molecule has 1 unspecified atom stereocenters. The van der Waals surface area contributed by atoms with Gasteiger partial charge >= 0.3 is 5.97 Å². The quantitative estimate of drug-likeness (QED) is 0.571. The van der Waals surface area contributed by atoms with Gasteiger partial charge < -0.3 is 25.6 Å². The van der Waals surface area contributed by atoms with E-state index in [-0.39, 0.29) is 18.2 Å². The summed E-state index contributed by atoms with van der Waals surface area (Å²) in [6.45, 7) is 3.85. The van der Waals surface area contributed by atoms with Crippen LogP contribution in [0.3, 0.4) is 0 Å². The Labute approximate surface area is 186 Å². The number of aliphatic carboxylic acids is 1. The Morgan fingerprint density at radius 1 is 1.16 bits per heavy atom. The molecule has 2 aromatic rings. The van der Waals surface area contributed by atoms with Crippen LogP contribution < -0.4 is 5.06 Å². The maximum Gasteiger partial charge on any atom is 0.305 e. The molecular weight excluding hydrogens is 413 g/mol. The summed E-state index contributed by atoms with van der Waals surface area (Å²) in [5.74, 6) is -1.60. The van der Waals surface area contributed by atoms with Crippen molar-refractivity contribution in [2.75, 3.05) is 5.06 Å². The van der Waals surface area contributed by atoms with Crippen LogP contribution in [-0.4, -0.2) is 39.5 Å². The highest BCUT2D eigenvalue weighted by atomic mass is 19.1. The van der Waals surface area contributed by atoms with Crippen LogP contribution in [0, 0.1) is 16.9 Å². The van der Waals surface area contributed by atoms with E-state index in [0.717, 1.165) is 16.2 Å². The van der Waals surface area contributed by atoms with Crippen LogP contribution >= 0.6 is 0 Å². The van der Waals surface area contributed by atoms with Crippen molar-refractivity contribution in [2.24, 2.45) is 5.92 Å². The number of carboxylic acids is 1. The van der Waals surface area contributed by atoms with Gasteiger partial charge in [-0.1, -0.05) is 56.3 Å². The number of rotatable bonds is 8. The third-order valence-electron chi connectivity index (χ3n) is 5.46. The van der Waals surface area contributed by atoms with Crippen molar-refractivity contribution in [1.29, 1.82) is 0 Å². The third-order valence-corrected chi connectivity index (χ3v) is 5.46. The van der Waals surface area contributed by atoms with E-state index in [1.54, 1.807) is 30.3 Å². The molecule has 0 saturated carbocycles. The van der Waals surface area contributed by atoms with Gasteiger partial charge in [0.15, 0.2) is 0 Å². The Kier molecular flexibility index (Phi) is 7.45. The molecule has 0 amide bonds. The van der Waals surface area contributed by atoms with Crippen molar-refractivity contribution < 1.29 is 24.5 Å². The van der Waals surface area contributed by atoms with Crippen molar-refractivity contribution in [1.82, 2.24) is 0 Å². The molecule has 2 aromatic carbocycles. The number of nitrogens with zero attached hydrogens (tertiary/aromatic N) is 1. The van der Waals surface area contributed by atoms with Crippen LogP contribution in [0.2, 0.25) is 0 Å². The summed E-state index contributed by atoms with van der Waals surface area (Å²) in [5, 5.41) is 43.2. The molecule has 3 N–H and O–H groups in total. The highest BCUT2D eigenvalue weighted by Gasteiger charge is 2.30. The minimum Gasteiger partial charge on any atom is -0.758 e. The number of para-hydroxylation sites is 1. The summed E-state index contributed by atoms with van der Waals surface area (Å²) in [6, 6.07) is 12.7. The molecule has 3 atom stereocenters. The number of hydroxylamine groups is 1. The Bertz CT molecular complexity index is 1020. The van der Waals surface area contributed by atoms with Gasteiger partial charge in [0.1, 0.15) is 5.82 Å². The summed E-state index contributed by atoms with van der Waals surface area (Å²) < 4.78 is 13.6. The smallest absolute Gasteiger partial charge is 0.305 e. The second-order valence-electron chi connectivity index (χ2n) is 8.28. The summed E-state index contributed by atoms with van der Waals surface area (Å²) in [6.07, 6.45) is 0.207. The van der Waals surface area contributed by atoms with E-state index in [1.165, 1.54) is 18.2 Å². The van der Waals surface area contributed by atoms with Gasteiger partial charge in [0.05, 0.1) is 18.6 Å². The zero-order valence-electron chi connectivity index (χ0n) is 18.0. The number of aliphatic hydroxyl groups is 2. The van der Waals surface area contributed by atoms with Crippen LogP contribution in [0.5, 0.6) is 0 Å². The van der Waals surface area contributed by atoms with E-state index in [2.05, 4.69) is 0 Å². The average Bonchev–Trinajstić information content (AvgIpc) is 2.72. The van der Waals surface area contributed by atoms with E-state index in [1.807, 2.05) is 26.0 Å². The minimum absolute atomic E-state index is 0.0781. The number of benzene rings is 2. The molecule has 0 aliphatic carbocycles. The molecule has 170 valence electrons. The molecule has 0 bridgehead atoms. The second kappa shape index (κ2) is 10.1. The molecule has 0 aromatic heterocycles. The molecule has 32 heavy (non-hydrogen) atoms. The lowest BCUT2D eigenvalue weighted by Crippen LogP contribution is -2.39. The van der Waals surface area contributed by atoms with Gasteiger partial charge in [-0.2, -0.15) is 0 Å². The van der Waals surface area contributed by atoms with Gasteiger partial charge in [-0.05, 0) is 40.8 Å². The van der Waals surface area contributed by atoms with E-state index in [9.17, 15) is 24.6 Å². The van der Waals surface area contributed by atoms with Crippen LogP contribution in [0.1, 0.15) is 37.8 Å². The SMILES string of the molecule is CC(C)C1C(C=C[C@@H](O)C[C@@H](O)CC(=O)O)=C(c2ccc(F)cc2)c2ccccc2N1[O-]. The molecule has 7 heteroatoms. The molecular formula is C25H27FNO5-. The molecule has 1 heterocycles. The van der Waals surface area contributed by atoms with Gasteiger partial charge in [0, 0.05) is 23.7 Å². The summed E-state index contributed by atoms with van der Waals surface area (Å²) in [7, 11) is 0.